The first-order valence-corrected chi connectivity index (χ1v) is 7.80. The number of anilines is 1. The Kier molecular flexibility index (Phi) is 6.06. The van der Waals surface area contributed by atoms with Crippen LogP contribution in [0.2, 0.25) is 0 Å². The maximum absolute atomic E-state index is 12.5. The van der Waals surface area contributed by atoms with E-state index in [4.69, 9.17) is 14.2 Å². The highest BCUT2D eigenvalue weighted by molar-refractivity contribution is 6.07. The van der Waals surface area contributed by atoms with Crippen LogP contribution in [0.1, 0.15) is 15.9 Å². The van der Waals surface area contributed by atoms with Crippen LogP contribution >= 0.6 is 0 Å². The maximum atomic E-state index is 12.5. The van der Waals surface area contributed by atoms with Crippen molar-refractivity contribution in [2.45, 2.75) is 0 Å². The van der Waals surface area contributed by atoms with Gasteiger partial charge in [-0.2, -0.15) is 0 Å². The van der Waals surface area contributed by atoms with Crippen molar-refractivity contribution in [1.82, 2.24) is 0 Å². The molecule has 5 nitrogen and oxygen atoms in total. The van der Waals surface area contributed by atoms with Crippen molar-refractivity contribution in [3.63, 3.8) is 0 Å². The zero-order chi connectivity index (χ0) is 18.4. The van der Waals surface area contributed by atoms with Gasteiger partial charge in [0.1, 0.15) is 0 Å². The Hall–Kier alpha value is -2.95. The molecule has 0 saturated carbocycles. The summed E-state index contributed by atoms with van der Waals surface area (Å²) in [5, 5.41) is 0. The van der Waals surface area contributed by atoms with Crippen LogP contribution in [0, 0.1) is 0 Å². The van der Waals surface area contributed by atoms with E-state index in [9.17, 15) is 4.79 Å². The molecule has 0 aliphatic carbocycles. The molecule has 0 heterocycles. The smallest absolute Gasteiger partial charge is 0.203 e. The summed E-state index contributed by atoms with van der Waals surface area (Å²) in [7, 11) is 8.54. The number of methoxy groups -OCH3 is 3. The fourth-order valence-corrected chi connectivity index (χ4v) is 2.38. The Bertz CT molecular complexity index is 739. The zero-order valence-electron chi connectivity index (χ0n) is 15.2. The fourth-order valence-electron chi connectivity index (χ4n) is 2.38. The molecule has 2 rings (SSSR count). The summed E-state index contributed by atoms with van der Waals surface area (Å²) < 4.78 is 15.8. The lowest BCUT2D eigenvalue weighted by Gasteiger charge is -2.13. The zero-order valence-corrected chi connectivity index (χ0v) is 15.2. The average Bonchev–Trinajstić information content (AvgIpc) is 2.64. The Morgan fingerprint density at radius 1 is 0.920 bits per heavy atom. The number of ketones is 1. The minimum atomic E-state index is -0.143. The molecule has 132 valence electrons. The van der Waals surface area contributed by atoms with Crippen molar-refractivity contribution >= 4 is 17.5 Å². The number of carbonyl (C=O) groups is 1. The summed E-state index contributed by atoms with van der Waals surface area (Å²) in [4.78, 5) is 14.5. The Morgan fingerprint density at radius 3 is 1.92 bits per heavy atom. The number of nitrogens with zero attached hydrogens (tertiary/aromatic N) is 1. The normalized spacial score (nSPS) is 10.6. The SMILES string of the molecule is COc1cc(C(=O)C=Cc2ccc(N(C)C)cc2)cc(OC)c1OC. The van der Waals surface area contributed by atoms with Gasteiger partial charge >= 0.3 is 0 Å². The topological polar surface area (TPSA) is 48.0 Å². The molecule has 0 radical (unpaired) electrons. The second-order valence-corrected chi connectivity index (χ2v) is 5.60. The van der Waals surface area contributed by atoms with Crippen LogP contribution in [0.5, 0.6) is 17.2 Å². The molecule has 0 bridgehead atoms. The number of ether oxygens (including phenoxy) is 3. The Morgan fingerprint density at radius 2 is 1.48 bits per heavy atom. The van der Waals surface area contributed by atoms with Gasteiger partial charge in [-0.15, -0.1) is 0 Å². The van der Waals surface area contributed by atoms with Crippen molar-refractivity contribution in [2.75, 3.05) is 40.3 Å². The van der Waals surface area contributed by atoms with Crippen LogP contribution in [0.4, 0.5) is 5.69 Å². The molecule has 25 heavy (non-hydrogen) atoms. The maximum Gasteiger partial charge on any atom is 0.203 e. The standard InChI is InChI=1S/C20H23NO4/c1-21(2)16-9-6-14(7-10-16)8-11-17(22)15-12-18(23-3)20(25-5)19(13-15)24-4/h6-13H,1-5H3. The molecule has 0 atom stereocenters. The molecule has 2 aromatic rings. The molecule has 0 fully saturated rings. The summed E-state index contributed by atoms with van der Waals surface area (Å²) in [5.41, 5.74) is 2.52. The number of hydrogen-bond donors (Lipinski definition) is 0. The number of rotatable bonds is 7. The third-order valence-corrected chi connectivity index (χ3v) is 3.79. The van der Waals surface area contributed by atoms with Gasteiger partial charge in [0.25, 0.3) is 0 Å². The van der Waals surface area contributed by atoms with E-state index in [0.29, 0.717) is 22.8 Å². The number of carbonyl (C=O) groups excluding carboxylic acids is 1. The van der Waals surface area contributed by atoms with Gasteiger partial charge in [-0.05, 0) is 35.9 Å². The summed E-state index contributed by atoms with van der Waals surface area (Å²) in [6.45, 7) is 0. The van der Waals surface area contributed by atoms with Crippen molar-refractivity contribution in [3.05, 3.63) is 53.6 Å². The van der Waals surface area contributed by atoms with E-state index >= 15 is 0 Å². The van der Waals surface area contributed by atoms with Gasteiger partial charge in [-0.1, -0.05) is 18.2 Å². The number of hydrogen-bond acceptors (Lipinski definition) is 5. The predicted octanol–water partition coefficient (Wildman–Crippen LogP) is 3.67. The molecular weight excluding hydrogens is 318 g/mol. The molecule has 0 unspecified atom stereocenters. The highest BCUT2D eigenvalue weighted by atomic mass is 16.5. The summed E-state index contributed by atoms with van der Waals surface area (Å²) in [6, 6.07) is 11.2. The Balaban J connectivity index is 2.25. The van der Waals surface area contributed by atoms with E-state index < -0.39 is 0 Å². The van der Waals surface area contributed by atoms with Crippen LogP contribution in [0.15, 0.2) is 42.5 Å². The lowest BCUT2D eigenvalue weighted by molar-refractivity contribution is 0.104. The number of allylic oxidation sites excluding steroid dienone is 1. The minimum absolute atomic E-state index is 0.143. The third-order valence-electron chi connectivity index (χ3n) is 3.79. The molecule has 0 spiro atoms. The Labute approximate surface area is 148 Å². The van der Waals surface area contributed by atoms with Crippen LogP contribution in [0.25, 0.3) is 6.08 Å². The van der Waals surface area contributed by atoms with Gasteiger partial charge in [0.05, 0.1) is 21.3 Å². The average molecular weight is 341 g/mol. The van der Waals surface area contributed by atoms with Gasteiger partial charge in [0, 0.05) is 25.3 Å². The summed E-state index contributed by atoms with van der Waals surface area (Å²) >= 11 is 0. The van der Waals surface area contributed by atoms with E-state index in [1.165, 1.54) is 27.4 Å². The van der Waals surface area contributed by atoms with Gasteiger partial charge in [-0.25, -0.2) is 0 Å². The van der Waals surface area contributed by atoms with Gasteiger partial charge in [0.2, 0.25) is 5.75 Å². The molecule has 0 amide bonds. The van der Waals surface area contributed by atoms with E-state index in [2.05, 4.69) is 0 Å². The molecule has 5 heteroatoms. The molecule has 2 aromatic carbocycles. The molecule has 0 aliphatic rings. The van der Waals surface area contributed by atoms with Gasteiger partial charge in [0.15, 0.2) is 17.3 Å². The summed E-state index contributed by atoms with van der Waals surface area (Å²) in [5.74, 6) is 1.23. The molecule has 0 aromatic heterocycles. The predicted molar refractivity (Wildman–Crippen MR) is 100 cm³/mol. The largest absolute Gasteiger partial charge is 0.493 e. The summed E-state index contributed by atoms with van der Waals surface area (Å²) in [6.07, 6.45) is 3.32. The van der Waals surface area contributed by atoms with Crippen LogP contribution in [0.3, 0.4) is 0 Å². The fraction of sp³-hybridized carbons (Fsp3) is 0.250. The number of benzene rings is 2. The molecular formula is C20H23NO4. The van der Waals surface area contributed by atoms with Crippen LogP contribution in [-0.4, -0.2) is 41.2 Å². The van der Waals surface area contributed by atoms with Gasteiger partial charge < -0.3 is 19.1 Å². The highest BCUT2D eigenvalue weighted by Gasteiger charge is 2.15. The van der Waals surface area contributed by atoms with Crippen LogP contribution < -0.4 is 19.1 Å². The van der Waals surface area contributed by atoms with E-state index in [0.717, 1.165) is 11.3 Å². The van der Waals surface area contributed by atoms with Crippen molar-refractivity contribution in [3.8, 4) is 17.2 Å². The first-order valence-electron chi connectivity index (χ1n) is 7.80. The van der Waals surface area contributed by atoms with E-state index in [1.807, 2.05) is 43.3 Å². The molecule has 0 aliphatic heterocycles. The van der Waals surface area contributed by atoms with Gasteiger partial charge in [-0.3, -0.25) is 4.79 Å². The second-order valence-electron chi connectivity index (χ2n) is 5.60. The van der Waals surface area contributed by atoms with Crippen LogP contribution in [-0.2, 0) is 0 Å². The highest BCUT2D eigenvalue weighted by Crippen LogP contribution is 2.38. The first-order chi connectivity index (χ1) is 12.0. The minimum Gasteiger partial charge on any atom is -0.493 e. The molecule has 0 N–H and O–H groups in total. The van der Waals surface area contributed by atoms with Crippen molar-refractivity contribution in [1.29, 1.82) is 0 Å². The lowest BCUT2D eigenvalue weighted by Crippen LogP contribution is -2.07. The second kappa shape index (κ2) is 8.24. The van der Waals surface area contributed by atoms with Crippen molar-refractivity contribution < 1.29 is 19.0 Å². The lowest BCUT2D eigenvalue weighted by atomic mass is 10.1. The third kappa shape index (κ3) is 4.32. The quantitative estimate of drug-likeness (QED) is 0.568. The van der Waals surface area contributed by atoms with Crippen molar-refractivity contribution in [2.24, 2.45) is 0 Å². The van der Waals surface area contributed by atoms with E-state index in [1.54, 1.807) is 18.2 Å². The molecule has 0 saturated heterocycles. The van der Waals surface area contributed by atoms with E-state index in [-0.39, 0.29) is 5.78 Å². The first kappa shape index (κ1) is 18.4. The monoisotopic (exact) mass is 341 g/mol.